The predicted molar refractivity (Wildman–Crippen MR) is 117 cm³/mol. The van der Waals surface area contributed by atoms with Crippen LogP contribution in [-0.2, 0) is 20.9 Å². The second-order valence-corrected chi connectivity index (χ2v) is 9.93. The molecule has 9 heteroatoms. The molecule has 4 rings (SSSR count). The summed E-state index contributed by atoms with van der Waals surface area (Å²) >= 11 is 1.41. The van der Waals surface area contributed by atoms with Crippen LogP contribution in [0, 0.1) is 0 Å². The van der Waals surface area contributed by atoms with Gasteiger partial charge in [-0.1, -0.05) is 42.5 Å². The van der Waals surface area contributed by atoms with Crippen molar-refractivity contribution in [3.8, 4) is 0 Å². The summed E-state index contributed by atoms with van der Waals surface area (Å²) in [4.78, 5) is 51.3. The van der Waals surface area contributed by atoms with Crippen LogP contribution in [0.3, 0.4) is 0 Å². The van der Waals surface area contributed by atoms with Crippen LogP contribution in [0.4, 0.5) is 0 Å². The van der Waals surface area contributed by atoms with E-state index in [0.717, 1.165) is 5.56 Å². The van der Waals surface area contributed by atoms with Gasteiger partial charge in [-0.25, -0.2) is 9.59 Å². The summed E-state index contributed by atoms with van der Waals surface area (Å²) in [6.45, 7) is 3.82. The third-order valence-electron chi connectivity index (χ3n) is 5.58. The number of amides is 2. The number of β-lactam (4-membered cyclic amide) rings is 1. The maximum atomic E-state index is 12.9. The fraction of sp³-hybridized carbons (Fsp3) is 0.304. The fourth-order valence-corrected chi connectivity index (χ4v) is 5.64. The number of nitrogens with zero attached hydrogens (tertiary/aromatic N) is 1. The van der Waals surface area contributed by atoms with Crippen molar-refractivity contribution in [2.75, 3.05) is 0 Å². The van der Waals surface area contributed by atoms with Gasteiger partial charge in [0.15, 0.2) is 0 Å². The fourth-order valence-electron chi connectivity index (χ4n) is 4.02. The zero-order chi connectivity index (χ0) is 23.0. The first-order chi connectivity index (χ1) is 15.2. The molecule has 8 nitrogen and oxygen atoms in total. The Morgan fingerprint density at radius 1 is 1.06 bits per heavy atom. The number of carbonyl (C=O) groups excluding carboxylic acids is 3. The first-order valence-corrected chi connectivity index (χ1v) is 10.9. The molecule has 0 bridgehead atoms. The molecule has 2 N–H and O–H groups in total. The van der Waals surface area contributed by atoms with Gasteiger partial charge in [0.1, 0.15) is 24.1 Å². The van der Waals surface area contributed by atoms with E-state index in [2.05, 4.69) is 5.32 Å². The van der Waals surface area contributed by atoms with Crippen molar-refractivity contribution in [1.82, 2.24) is 10.2 Å². The quantitative estimate of drug-likeness (QED) is 0.509. The van der Waals surface area contributed by atoms with Crippen LogP contribution >= 0.6 is 11.8 Å². The molecule has 2 aromatic rings. The number of carboxylic acids is 1. The summed E-state index contributed by atoms with van der Waals surface area (Å²) < 4.78 is 4.86. The highest BCUT2D eigenvalue weighted by molar-refractivity contribution is 8.01. The molecule has 0 unspecified atom stereocenters. The molecule has 2 saturated heterocycles. The molecule has 3 atom stereocenters. The summed E-state index contributed by atoms with van der Waals surface area (Å²) in [6.07, 6.45) is 0. The first kappa shape index (κ1) is 21.9. The van der Waals surface area contributed by atoms with E-state index in [1.807, 2.05) is 44.2 Å². The minimum absolute atomic E-state index is 0.0210. The van der Waals surface area contributed by atoms with Gasteiger partial charge in [0.25, 0.3) is 5.91 Å². The number of carboxylic acid groups (broad SMARTS) is 1. The number of aromatic carboxylic acids is 1. The van der Waals surface area contributed by atoms with Crippen LogP contribution < -0.4 is 5.32 Å². The lowest BCUT2D eigenvalue weighted by Gasteiger charge is -2.44. The highest BCUT2D eigenvalue weighted by Crippen LogP contribution is 2.51. The molecule has 0 saturated carbocycles. The number of carbonyl (C=O) groups is 4. The Morgan fingerprint density at radius 2 is 1.69 bits per heavy atom. The highest BCUT2D eigenvalue weighted by atomic mass is 32.2. The third-order valence-corrected chi connectivity index (χ3v) is 7.15. The Balaban J connectivity index is 1.46. The minimum atomic E-state index is -1.23. The maximum absolute atomic E-state index is 12.9. The topological polar surface area (TPSA) is 113 Å². The summed E-state index contributed by atoms with van der Waals surface area (Å²) in [5.41, 5.74) is 0.681. The molecule has 2 amide bonds. The molecule has 2 heterocycles. The number of esters is 1. The maximum Gasteiger partial charge on any atom is 0.336 e. The molecule has 0 aliphatic carbocycles. The van der Waals surface area contributed by atoms with Gasteiger partial charge < -0.3 is 20.1 Å². The Bertz CT molecular complexity index is 1090. The third kappa shape index (κ3) is 3.84. The van der Waals surface area contributed by atoms with Crippen molar-refractivity contribution in [2.45, 2.75) is 42.7 Å². The lowest BCUT2D eigenvalue weighted by molar-refractivity contribution is -0.164. The average molecular weight is 455 g/mol. The van der Waals surface area contributed by atoms with Crippen LogP contribution in [0.25, 0.3) is 0 Å². The minimum Gasteiger partial charge on any atom is -0.478 e. The number of fused-ring (bicyclic) bond motifs is 1. The molecule has 166 valence electrons. The first-order valence-electron chi connectivity index (χ1n) is 10.0. The Hall–Kier alpha value is -3.33. The van der Waals surface area contributed by atoms with Gasteiger partial charge in [0.2, 0.25) is 5.91 Å². The van der Waals surface area contributed by atoms with E-state index >= 15 is 0 Å². The van der Waals surface area contributed by atoms with Crippen LogP contribution in [0.1, 0.15) is 40.1 Å². The Morgan fingerprint density at radius 3 is 2.34 bits per heavy atom. The van der Waals surface area contributed by atoms with E-state index in [4.69, 9.17) is 4.74 Å². The van der Waals surface area contributed by atoms with E-state index in [9.17, 15) is 24.3 Å². The second kappa shape index (κ2) is 8.31. The molecule has 0 aromatic heterocycles. The smallest absolute Gasteiger partial charge is 0.336 e. The molecule has 2 aliphatic heterocycles. The molecular formula is C23H22N2O6S. The van der Waals surface area contributed by atoms with E-state index < -0.39 is 46.0 Å². The monoisotopic (exact) mass is 454 g/mol. The molecule has 2 aliphatic rings. The number of thioether (sulfide) groups is 1. The Labute approximate surface area is 188 Å². The number of nitrogens with one attached hydrogen (secondary N) is 1. The molecule has 32 heavy (non-hydrogen) atoms. The molecule has 2 fully saturated rings. The van der Waals surface area contributed by atoms with Gasteiger partial charge in [-0.2, -0.15) is 0 Å². The average Bonchev–Trinajstić information content (AvgIpc) is 3.04. The molecule has 2 aromatic carbocycles. The van der Waals surface area contributed by atoms with Crippen LogP contribution in [0.2, 0.25) is 0 Å². The van der Waals surface area contributed by atoms with Crippen molar-refractivity contribution < 1.29 is 29.0 Å². The highest BCUT2D eigenvalue weighted by Gasteiger charge is 2.64. The number of hydrogen-bond acceptors (Lipinski definition) is 6. The predicted octanol–water partition coefficient (Wildman–Crippen LogP) is 2.29. The van der Waals surface area contributed by atoms with E-state index in [0.29, 0.717) is 0 Å². The van der Waals surface area contributed by atoms with Gasteiger partial charge in [-0.05, 0) is 31.5 Å². The molecular weight excluding hydrogens is 432 g/mol. The van der Waals surface area contributed by atoms with Crippen LogP contribution in [0.5, 0.6) is 0 Å². The van der Waals surface area contributed by atoms with Crippen LogP contribution in [0.15, 0.2) is 54.6 Å². The van der Waals surface area contributed by atoms with Crippen molar-refractivity contribution in [3.05, 3.63) is 71.3 Å². The summed E-state index contributed by atoms with van der Waals surface area (Å²) in [6, 6.07) is 13.4. The lowest BCUT2D eigenvalue weighted by atomic mass is 9.95. The second-order valence-electron chi connectivity index (χ2n) is 8.16. The molecule has 0 spiro atoms. The van der Waals surface area contributed by atoms with Gasteiger partial charge in [-0.15, -0.1) is 11.8 Å². The normalized spacial score (nSPS) is 23.1. The number of hydrogen-bond donors (Lipinski definition) is 2. The summed E-state index contributed by atoms with van der Waals surface area (Å²) in [5, 5.41) is 11.5. The lowest BCUT2D eigenvalue weighted by Crippen LogP contribution is -2.70. The molecule has 0 radical (unpaired) electrons. The van der Waals surface area contributed by atoms with Gasteiger partial charge in [-0.3, -0.25) is 9.59 Å². The van der Waals surface area contributed by atoms with E-state index in [1.54, 1.807) is 6.07 Å². The van der Waals surface area contributed by atoms with Gasteiger partial charge in [0.05, 0.1) is 11.1 Å². The standard InChI is InChI=1S/C23H22N2O6S/c1-23(2)17(22(30)31-12-13-8-4-3-5-9-13)25-19(27)16(20(25)32-23)24-18(26)14-10-6-7-11-15(14)21(28)29/h3-11,16-17,20H,12H2,1-2H3,(H,24,26)(H,28,29)/t16-,17+,20-/m1/s1. The largest absolute Gasteiger partial charge is 0.478 e. The SMILES string of the molecule is CC1(C)S[C@@H]2[C@H](NC(=O)c3ccccc3C(=O)O)C(=O)N2[C@H]1C(=O)OCc1ccccc1. The zero-order valence-corrected chi connectivity index (χ0v) is 18.3. The van der Waals surface area contributed by atoms with Crippen LogP contribution in [-0.4, -0.2) is 56.0 Å². The zero-order valence-electron chi connectivity index (χ0n) is 17.5. The van der Waals surface area contributed by atoms with Crippen molar-refractivity contribution >= 4 is 35.5 Å². The van der Waals surface area contributed by atoms with Gasteiger partial charge in [0, 0.05) is 4.75 Å². The number of ether oxygens (including phenoxy) is 1. The van der Waals surface area contributed by atoms with Gasteiger partial charge >= 0.3 is 11.9 Å². The summed E-state index contributed by atoms with van der Waals surface area (Å²) in [5.74, 6) is -2.76. The van der Waals surface area contributed by atoms with E-state index in [1.165, 1.54) is 34.9 Å². The number of benzene rings is 2. The van der Waals surface area contributed by atoms with Crippen molar-refractivity contribution in [2.24, 2.45) is 0 Å². The Kier molecular flexibility index (Phi) is 5.68. The van der Waals surface area contributed by atoms with Crippen molar-refractivity contribution in [1.29, 1.82) is 0 Å². The number of rotatable bonds is 6. The van der Waals surface area contributed by atoms with E-state index in [-0.39, 0.29) is 17.7 Å². The van der Waals surface area contributed by atoms with Crippen molar-refractivity contribution in [3.63, 3.8) is 0 Å². The summed E-state index contributed by atoms with van der Waals surface area (Å²) in [7, 11) is 0.